The van der Waals surface area contributed by atoms with Crippen LogP contribution in [0.5, 0.6) is 5.75 Å². The van der Waals surface area contributed by atoms with Crippen LogP contribution in [0.3, 0.4) is 0 Å². The minimum absolute atomic E-state index is 0.0547. The van der Waals surface area contributed by atoms with E-state index in [1.807, 2.05) is 44.2 Å². The molecule has 1 N–H and O–H groups in total. The summed E-state index contributed by atoms with van der Waals surface area (Å²) in [6.45, 7) is 4.29. The summed E-state index contributed by atoms with van der Waals surface area (Å²) in [5.41, 5.74) is 1.92. The van der Waals surface area contributed by atoms with Crippen molar-refractivity contribution in [2.24, 2.45) is 0 Å². The molecule has 6 heteroatoms. The lowest BCUT2D eigenvalue weighted by Gasteiger charge is -2.13. The third kappa shape index (κ3) is 3.96. The van der Waals surface area contributed by atoms with E-state index in [4.69, 9.17) is 9.15 Å². The molecule has 3 aromatic rings. The van der Waals surface area contributed by atoms with E-state index in [0.717, 1.165) is 33.0 Å². The number of pyridine rings is 1. The van der Waals surface area contributed by atoms with Crippen molar-refractivity contribution in [3.05, 3.63) is 54.0 Å². The van der Waals surface area contributed by atoms with Crippen LogP contribution in [0.15, 0.2) is 52.1 Å². The van der Waals surface area contributed by atoms with Gasteiger partial charge in [-0.05, 0) is 43.7 Å². The number of fused-ring (bicyclic) bond motifs is 1. The van der Waals surface area contributed by atoms with Crippen molar-refractivity contribution in [1.82, 2.24) is 10.3 Å². The molecule has 1 amide bonds. The predicted octanol–water partition coefficient (Wildman–Crippen LogP) is 3.94. The standard InChI is InChI=1S/C19H20N2O3S/c1-12-10-17(21-18-15(12)7-4-8-16(18)23-3)25-13(2)19(22)20-11-14-6-5-9-24-14/h4-10,13H,11H2,1-3H3,(H,20,22). The first-order valence-corrected chi connectivity index (χ1v) is 8.87. The van der Waals surface area contributed by atoms with Gasteiger partial charge >= 0.3 is 0 Å². The first-order valence-electron chi connectivity index (χ1n) is 7.99. The Bertz CT molecular complexity index is 878. The second-order valence-electron chi connectivity index (χ2n) is 5.69. The summed E-state index contributed by atoms with van der Waals surface area (Å²) in [4.78, 5) is 17.0. The second kappa shape index (κ2) is 7.61. The van der Waals surface area contributed by atoms with E-state index in [1.54, 1.807) is 19.4 Å². The lowest BCUT2D eigenvalue weighted by molar-refractivity contribution is -0.120. The molecule has 0 fully saturated rings. The van der Waals surface area contributed by atoms with Gasteiger partial charge in [-0.1, -0.05) is 23.9 Å². The van der Waals surface area contributed by atoms with Crippen molar-refractivity contribution < 1.29 is 13.9 Å². The average Bonchev–Trinajstić information content (AvgIpc) is 3.12. The van der Waals surface area contributed by atoms with Crippen LogP contribution in [0.1, 0.15) is 18.2 Å². The van der Waals surface area contributed by atoms with Crippen LogP contribution in [0.4, 0.5) is 0 Å². The van der Waals surface area contributed by atoms with Crippen molar-refractivity contribution in [2.75, 3.05) is 7.11 Å². The maximum atomic E-state index is 12.3. The molecule has 5 nitrogen and oxygen atoms in total. The smallest absolute Gasteiger partial charge is 0.233 e. The van der Waals surface area contributed by atoms with E-state index in [-0.39, 0.29) is 11.2 Å². The lowest BCUT2D eigenvalue weighted by atomic mass is 10.1. The van der Waals surface area contributed by atoms with Crippen molar-refractivity contribution in [3.8, 4) is 5.75 Å². The molecule has 25 heavy (non-hydrogen) atoms. The zero-order valence-corrected chi connectivity index (χ0v) is 15.2. The summed E-state index contributed by atoms with van der Waals surface area (Å²) in [5.74, 6) is 1.41. The van der Waals surface area contributed by atoms with Gasteiger partial charge in [0, 0.05) is 5.39 Å². The number of nitrogens with zero attached hydrogens (tertiary/aromatic N) is 1. The molecule has 0 aliphatic rings. The Balaban J connectivity index is 1.74. The maximum Gasteiger partial charge on any atom is 0.233 e. The van der Waals surface area contributed by atoms with Crippen LogP contribution in [0.2, 0.25) is 0 Å². The summed E-state index contributed by atoms with van der Waals surface area (Å²) in [6.07, 6.45) is 1.59. The fourth-order valence-corrected chi connectivity index (χ4v) is 3.49. The number of thioether (sulfide) groups is 1. The monoisotopic (exact) mass is 356 g/mol. The fourth-order valence-electron chi connectivity index (χ4n) is 2.55. The van der Waals surface area contributed by atoms with Gasteiger partial charge in [-0.2, -0.15) is 0 Å². The fraction of sp³-hybridized carbons (Fsp3) is 0.263. The molecular formula is C19H20N2O3S. The summed E-state index contributed by atoms with van der Waals surface area (Å²) < 4.78 is 10.6. The summed E-state index contributed by atoms with van der Waals surface area (Å²) in [7, 11) is 1.64. The molecule has 3 rings (SSSR count). The zero-order chi connectivity index (χ0) is 17.8. The van der Waals surface area contributed by atoms with Gasteiger partial charge in [-0.25, -0.2) is 4.98 Å². The average molecular weight is 356 g/mol. The van der Waals surface area contributed by atoms with Crippen LogP contribution in [0, 0.1) is 6.92 Å². The highest BCUT2D eigenvalue weighted by atomic mass is 32.2. The topological polar surface area (TPSA) is 64.4 Å². The van der Waals surface area contributed by atoms with Gasteiger partial charge in [0.15, 0.2) is 0 Å². The van der Waals surface area contributed by atoms with E-state index in [1.165, 1.54) is 11.8 Å². The lowest BCUT2D eigenvalue weighted by Crippen LogP contribution is -2.30. The number of hydrogen-bond acceptors (Lipinski definition) is 5. The Morgan fingerprint density at radius 3 is 2.92 bits per heavy atom. The molecule has 0 radical (unpaired) electrons. The molecule has 1 unspecified atom stereocenters. The third-order valence-corrected chi connectivity index (χ3v) is 4.91. The molecule has 0 saturated carbocycles. The van der Waals surface area contributed by atoms with Crippen molar-refractivity contribution in [2.45, 2.75) is 30.7 Å². The SMILES string of the molecule is COc1cccc2c(C)cc(SC(C)C(=O)NCc3ccco3)nc12. The Hall–Kier alpha value is -2.47. The highest BCUT2D eigenvalue weighted by Gasteiger charge is 2.17. The summed E-state index contributed by atoms with van der Waals surface area (Å²) in [5, 5.41) is 4.46. The van der Waals surface area contributed by atoms with Gasteiger partial charge in [-0.3, -0.25) is 4.79 Å². The number of carbonyl (C=O) groups is 1. The molecule has 0 bridgehead atoms. The highest BCUT2D eigenvalue weighted by molar-refractivity contribution is 8.00. The van der Waals surface area contributed by atoms with E-state index in [9.17, 15) is 4.79 Å². The molecule has 0 aliphatic heterocycles. The van der Waals surface area contributed by atoms with Gasteiger partial charge in [0.2, 0.25) is 5.91 Å². The number of aryl methyl sites for hydroxylation is 1. The Labute approximate surface area is 150 Å². The third-order valence-electron chi connectivity index (χ3n) is 3.89. The molecule has 2 heterocycles. The number of aromatic nitrogens is 1. The van der Waals surface area contributed by atoms with Crippen LogP contribution in [0.25, 0.3) is 10.9 Å². The number of furan rings is 1. The van der Waals surface area contributed by atoms with E-state index in [2.05, 4.69) is 10.3 Å². The molecule has 0 saturated heterocycles. The van der Waals surface area contributed by atoms with Crippen molar-refractivity contribution in [3.63, 3.8) is 0 Å². The second-order valence-corrected chi connectivity index (χ2v) is 7.05. The summed E-state index contributed by atoms with van der Waals surface area (Å²) in [6, 6.07) is 11.5. The molecule has 130 valence electrons. The molecule has 2 aromatic heterocycles. The Morgan fingerprint density at radius 1 is 1.36 bits per heavy atom. The van der Waals surface area contributed by atoms with E-state index >= 15 is 0 Å². The predicted molar refractivity (Wildman–Crippen MR) is 98.9 cm³/mol. The Morgan fingerprint density at radius 2 is 2.20 bits per heavy atom. The minimum Gasteiger partial charge on any atom is -0.494 e. The van der Waals surface area contributed by atoms with Crippen LogP contribution in [-0.4, -0.2) is 23.3 Å². The number of amides is 1. The number of rotatable bonds is 6. The first-order chi connectivity index (χ1) is 12.1. The number of methoxy groups -OCH3 is 1. The largest absolute Gasteiger partial charge is 0.494 e. The number of nitrogens with one attached hydrogen (secondary N) is 1. The number of ether oxygens (including phenoxy) is 1. The van der Waals surface area contributed by atoms with Gasteiger partial charge in [-0.15, -0.1) is 0 Å². The molecule has 0 spiro atoms. The number of carbonyl (C=O) groups excluding carboxylic acids is 1. The highest BCUT2D eigenvalue weighted by Crippen LogP contribution is 2.31. The quantitative estimate of drug-likeness (QED) is 0.678. The van der Waals surface area contributed by atoms with Gasteiger partial charge < -0.3 is 14.5 Å². The Kier molecular flexibility index (Phi) is 5.28. The number of para-hydroxylation sites is 1. The number of hydrogen-bond donors (Lipinski definition) is 1. The van der Waals surface area contributed by atoms with Crippen molar-refractivity contribution in [1.29, 1.82) is 0 Å². The molecule has 0 aliphatic carbocycles. The van der Waals surface area contributed by atoms with Crippen molar-refractivity contribution >= 4 is 28.6 Å². The van der Waals surface area contributed by atoms with Crippen LogP contribution < -0.4 is 10.1 Å². The number of benzene rings is 1. The van der Waals surface area contributed by atoms with Gasteiger partial charge in [0.25, 0.3) is 0 Å². The van der Waals surface area contributed by atoms with E-state index in [0.29, 0.717) is 6.54 Å². The molecule has 1 atom stereocenters. The molecular weight excluding hydrogens is 336 g/mol. The first kappa shape index (κ1) is 17.4. The van der Waals surface area contributed by atoms with Gasteiger partial charge in [0.05, 0.1) is 30.2 Å². The minimum atomic E-state index is -0.269. The zero-order valence-electron chi connectivity index (χ0n) is 14.4. The van der Waals surface area contributed by atoms with E-state index < -0.39 is 0 Å². The van der Waals surface area contributed by atoms with Crippen LogP contribution in [-0.2, 0) is 11.3 Å². The summed E-state index contributed by atoms with van der Waals surface area (Å²) >= 11 is 1.43. The van der Waals surface area contributed by atoms with Crippen LogP contribution >= 0.6 is 11.8 Å². The van der Waals surface area contributed by atoms with Gasteiger partial charge in [0.1, 0.15) is 17.0 Å². The maximum absolute atomic E-state index is 12.3. The molecule has 1 aromatic carbocycles. The normalized spacial score (nSPS) is 12.1.